The summed E-state index contributed by atoms with van der Waals surface area (Å²) < 4.78 is 12.2. The monoisotopic (exact) mass is 349 g/mol. The molecule has 24 heavy (non-hydrogen) atoms. The summed E-state index contributed by atoms with van der Waals surface area (Å²) in [6, 6.07) is 4.06. The highest BCUT2D eigenvalue weighted by Crippen LogP contribution is 2.41. The van der Waals surface area contributed by atoms with Crippen molar-refractivity contribution in [2.75, 3.05) is 32.9 Å². The van der Waals surface area contributed by atoms with Crippen LogP contribution in [-0.4, -0.2) is 49.8 Å². The Morgan fingerprint density at radius 1 is 1.42 bits per heavy atom. The number of carbonyl (C=O) groups excluding carboxylic acids is 1. The number of hydrogen-bond donors (Lipinski definition) is 0. The molecule has 4 rings (SSSR count). The fourth-order valence-electron chi connectivity index (χ4n) is 4.10. The second-order valence-corrected chi connectivity index (χ2v) is 8.68. The van der Waals surface area contributed by atoms with Gasteiger partial charge in [0.05, 0.1) is 19.1 Å². The van der Waals surface area contributed by atoms with E-state index < -0.39 is 0 Å². The number of fused-ring (bicyclic) bond motifs is 1. The van der Waals surface area contributed by atoms with Gasteiger partial charge in [-0.2, -0.15) is 0 Å². The van der Waals surface area contributed by atoms with Gasteiger partial charge in [0, 0.05) is 36.6 Å². The minimum absolute atomic E-state index is 0.0104. The Bertz CT molecular complexity index is 557. The first-order valence-corrected chi connectivity index (χ1v) is 10.1. The lowest BCUT2D eigenvalue weighted by Crippen LogP contribution is -2.58. The van der Waals surface area contributed by atoms with Gasteiger partial charge in [0.2, 0.25) is 5.91 Å². The molecule has 4 nitrogen and oxygen atoms in total. The molecule has 1 aliphatic carbocycles. The van der Waals surface area contributed by atoms with Gasteiger partial charge in [-0.05, 0) is 49.5 Å². The van der Waals surface area contributed by atoms with Gasteiger partial charge >= 0.3 is 0 Å². The Hall–Kier alpha value is -0.910. The zero-order valence-electron chi connectivity index (χ0n) is 14.2. The van der Waals surface area contributed by atoms with E-state index in [0.29, 0.717) is 6.42 Å². The average Bonchev–Trinajstić information content (AvgIpc) is 3.28. The second-order valence-electron chi connectivity index (χ2n) is 7.64. The average molecular weight is 349 g/mol. The van der Waals surface area contributed by atoms with E-state index in [-0.39, 0.29) is 17.4 Å². The maximum atomic E-state index is 12.7. The van der Waals surface area contributed by atoms with Crippen LogP contribution < -0.4 is 0 Å². The quantitative estimate of drug-likeness (QED) is 0.792. The van der Waals surface area contributed by atoms with Crippen LogP contribution in [0.25, 0.3) is 0 Å². The molecule has 1 saturated carbocycles. The summed E-state index contributed by atoms with van der Waals surface area (Å²) >= 11 is 1.66. The van der Waals surface area contributed by atoms with E-state index in [0.717, 1.165) is 63.0 Å². The summed E-state index contributed by atoms with van der Waals surface area (Å²) in [7, 11) is 0. The zero-order valence-corrected chi connectivity index (χ0v) is 15.1. The molecule has 1 amide bonds. The van der Waals surface area contributed by atoms with E-state index in [9.17, 15) is 4.79 Å². The van der Waals surface area contributed by atoms with E-state index in [1.165, 1.54) is 12.8 Å². The topological polar surface area (TPSA) is 38.8 Å². The van der Waals surface area contributed by atoms with Gasteiger partial charge in [0.1, 0.15) is 0 Å². The van der Waals surface area contributed by atoms with Crippen LogP contribution in [0.3, 0.4) is 0 Å². The number of carbonyl (C=O) groups is 1. The molecule has 0 radical (unpaired) electrons. The summed E-state index contributed by atoms with van der Waals surface area (Å²) in [4.78, 5) is 15.9. The molecular weight excluding hydrogens is 322 g/mol. The molecule has 132 valence electrons. The van der Waals surface area contributed by atoms with Crippen molar-refractivity contribution in [1.29, 1.82) is 0 Å². The standard InChI is InChI=1S/C19H27NO3S/c21-18(11-16-3-1-10-24-16)20-8-6-17-19(13-20,7-2-9-23-17)14-22-12-15-4-5-15/h1,3,10,15,17H,2,4-9,11-14H2. The third-order valence-electron chi connectivity index (χ3n) is 5.69. The molecule has 0 spiro atoms. The number of likely N-dealkylation sites (tertiary alicyclic amines) is 1. The predicted molar refractivity (Wildman–Crippen MR) is 94.2 cm³/mol. The summed E-state index contributed by atoms with van der Waals surface area (Å²) in [5.74, 6) is 1.03. The van der Waals surface area contributed by atoms with Crippen LogP contribution in [0.15, 0.2) is 17.5 Å². The second kappa shape index (κ2) is 7.14. The Morgan fingerprint density at radius 2 is 2.33 bits per heavy atom. The molecule has 1 aromatic heterocycles. The van der Waals surface area contributed by atoms with Crippen molar-refractivity contribution >= 4 is 17.2 Å². The number of piperidine rings is 1. The van der Waals surface area contributed by atoms with Gasteiger partial charge in [-0.15, -0.1) is 11.3 Å². The highest BCUT2D eigenvalue weighted by molar-refractivity contribution is 7.10. The molecule has 2 saturated heterocycles. The van der Waals surface area contributed by atoms with Crippen molar-refractivity contribution in [2.45, 2.75) is 44.6 Å². The van der Waals surface area contributed by atoms with Crippen molar-refractivity contribution < 1.29 is 14.3 Å². The van der Waals surface area contributed by atoms with Gasteiger partial charge in [0.15, 0.2) is 0 Å². The molecule has 3 aliphatic rings. The number of ether oxygens (including phenoxy) is 2. The van der Waals surface area contributed by atoms with E-state index in [2.05, 4.69) is 4.90 Å². The Kier molecular flexibility index (Phi) is 4.93. The van der Waals surface area contributed by atoms with Crippen LogP contribution in [0.4, 0.5) is 0 Å². The van der Waals surface area contributed by atoms with E-state index in [4.69, 9.17) is 9.47 Å². The van der Waals surface area contributed by atoms with Gasteiger partial charge in [-0.1, -0.05) is 6.07 Å². The fraction of sp³-hybridized carbons (Fsp3) is 0.737. The number of hydrogen-bond acceptors (Lipinski definition) is 4. The molecule has 2 aliphatic heterocycles. The smallest absolute Gasteiger partial charge is 0.227 e. The molecule has 2 atom stereocenters. The van der Waals surface area contributed by atoms with Crippen molar-refractivity contribution in [3.05, 3.63) is 22.4 Å². The van der Waals surface area contributed by atoms with Crippen LogP contribution in [0, 0.1) is 11.3 Å². The lowest BCUT2D eigenvalue weighted by Gasteiger charge is -2.50. The highest BCUT2D eigenvalue weighted by atomic mass is 32.1. The summed E-state index contributed by atoms with van der Waals surface area (Å²) in [6.07, 6.45) is 6.57. The lowest BCUT2D eigenvalue weighted by molar-refractivity contribution is -0.164. The van der Waals surface area contributed by atoms with Crippen LogP contribution in [-0.2, 0) is 20.7 Å². The van der Waals surface area contributed by atoms with Crippen LogP contribution in [0.2, 0.25) is 0 Å². The molecule has 2 unspecified atom stereocenters. The van der Waals surface area contributed by atoms with Gasteiger partial charge in [-0.25, -0.2) is 0 Å². The maximum Gasteiger partial charge on any atom is 0.227 e. The Morgan fingerprint density at radius 3 is 3.12 bits per heavy atom. The Balaban J connectivity index is 1.40. The van der Waals surface area contributed by atoms with Crippen molar-refractivity contribution in [2.24, 2.45) is 11.3 Å². The molecule has 0 aromatic carbocycles. The van der Waals surface area contributed by atoms with Gasteiger partial charge in [0.25, 0.3) is 0 Å². The van der Waals surface area contributed by atoms with Crippen molar-refractivity contribution in [1.82, 2.24) is 4.90 Å². The number of rotatable bonds is 6. The maximum absolute atomic E-state index is 12.7. The normalized spacial score (nSPS) is 30.2. The lowest BCUT2D eigenvalue weighted by atomic mass is 9.73. The number of amides is 1. The zero-order chi connectivity index (χ0) is 16.4. The van der Waals surface area contributed by atoms with Crippen molar-refractivity contribution in [3.63, 3.8) is 0 Å². The molecule has 3 heterocycles. The fourth-order valence-corrected chi connectivity index (χ4v) is 4.80. The van der Waals surface area contributed by atoms with Crippen LogP contribution in [0.1, 0.15) is 37.0 Å². The number of thiophene rings is 1. The van der Waals surface area contributed by atoms with Crippen LogP contribution in [0.5, 0.6) is 0 Å². The highest BCUT2D eigenvalue weighted by Gasteiger charge is 2.47. The minimum atomic E-state index is 0.0104. The van der Waals surface area contributed by atoms with Crippen molar-refractivity contribution in [3.8, 4) is 0 Å². The third kappa shape index (κ3) is 3.68. The first-order chi connectivity index (χ1) is 11.8. The summed E-state index contributed by atoms with van der Waals surface area (Å²) in [5.41, 5.74) is 0.0104. The van der Waals surface area contributed by atoms with E-state index >= 15 is 0 Å². The molecule has 1 aromatic rings. The van der Waals surface area contributed by atoms with E-state index in [1.807, 2.05) is 17.5 Å². The van der Waals surface area contributed by atoms with Gasteiger partial charge < -0.3 is 14.4 Å². The minimum Gasteiger partial charge on any atom is -0.380 e. The largest absolute Gasteiger partial charge is 0.380 e. The molecule has 5 heteroatoms. The summed E-state index contributed by atoms with van der Waals surface area (Å²) in [5, 5.41) is 2.04. The van der Waals surface area contributed by atoms with Crippen LogP contribution >= 0.6 is 11.3 Å². The SMILES string of the molecule is O=C(Cc1cccs1)N1CCC2OCCCC2(COCC2CC2)C1. The predicted octanol–water partition coefficient (Wildman–Crippen LogP) is 3.11. The van der Waals surface area contributed by atoms with E-state index in [1.54, 1.807) is 11.3 Å². The first-order valence-electron chi connectivity index (χ1n) is 9.25. The first kappa shape index (κ1) is 16.6. The Labute approximate surface area is 148 Å². The third-order valence-corrected chi connectivity index (χ3v) is 6.56. The molecular formula is C19H27NO3S. The summed E-state index contributed by atoms with van der Waals surface area (Å²) in [6.45, 7) is 4.11. The molecule has 0 bridgehead atoms. The molecule has 0 N–H and O–H groups in total. The number of nitrogens with zero attached hydrogens (tertiary/aromatic N) is 1. The van der Waals surface area contributed by atoms with Gasteiger partial charge in [-0.3, -0.25) is 4.79 Å². The molecule has 3 fully saturated rings.